The predicted molar refractivity (Wildman–Crippen MR) is 65.7 cm³/mol. The molecule has 0 aromatic heterocycles. The fourth-order valence-corrected chi connectivity index (χ4v) is 1.38. The van der Waals surface area contributed by atoms with Gasteiger partial charge in [0.15, 0.2) is 0 Å². The number of hydrogen-bond acceptors (Lipinski definition) is 2. The van der Waals surface area contributed by atoms with Crippen LogP contribution < -0.4 is 0 Å². The molecule has 0 aromatic rings. The van der Waals surface area contributed by atoms with Crippen LogP contribution in [0.15, 0.2) is 0 Å². The molecule has 96 valence electrons. The van der Waals surface area contributed by atoms with Gasteiger partial charge < -0.3 is 9.84 Å². The van der Waals surface area contributed by atoms with Crippen LogP contribution in [0.2, 0.25) is 0 Å². The average Bonchev–Trinajstić information content (AvgIpc) is 2.13. The highest BCUT2D eigenvalue weighted by Crippen LogP contribution is 2.07. The van der Waals surface area contributed by atoms with Crippen molar-refractivity contribution in [1.29, 1.82) is 0 Å². The molecule has 0 spiro atoms. The molecule has 0 radical (unpaired) electrons. The summed E-state index contributed by atoms with van der Waals surface area (Å²) in [5.74, 6) is -0.663. The molecule has 1 N–H and O–H groups in total. The number of unbranched alkanes of at least 4 members (excludes halogenated alkanes) is 6. The Bertz CT molecular complexity index is 149. The molecule has 1 aliphatic rings. The maximum Gasteiger partial charge on any atom is 0.303 e. The maximum absolute atomic E-state index is 10.1. The topological polar surface area (TPSA) is 46.5 Å². The van der Waals surface area contributed by atoms with Crippen LogP contribution in [0, 0.1) is 0 Å². The van der Waals surface area contributed by atoms with Gasteiger partial charge in [0.2, 0.25) is 0 Å². The molecule has 3 nitrogen and oxygen atoms in total. The molecule has 1 aliphatic heterocycles. The van der Waals surface area contributed by atoms with E-state index in [4.69, 9.17) is 9.84 Å². The van der Waals surface area contributed by atoms with E-state index in [0.29, 0.717) is 6.42 Å². The van der Waals surface area contributed by atoms with Crippen LogP contribution in [0.5, 0.6) is 0 Å². The Kier molecular flexibility index (Phi) is 12.1. The Balaban J connectivity index is 0.000000462. The van der Waals surface area contributed by atoms with Crippen molar-refractivity contribution in [2.75, 3.05) is 13.2 Å². The van der Waals surface area contributed by atoms with Crippen molar-refractivity contribution in [3.05, 3.63) is 0 Å². The summed E-state index contributed by atoms with van der Waals surface area (Å²) in [6.45, 7) is 4.20. The summed E-state index contributed by atoms with van der Waals surface area (Å²) in [4.78, 5) is 10.1. The highest BCUT2D eigenvalue weighted by Gasteiger charge is 1.95. The molecule has 0 atom stereocenters. The fraction of sp³-hybridized carbons (Fsp3) is 0.923. The first-order valence-corrected chi connectivity index (χ1v) is 6.57. The summed E-state index contributed by atoms with van der Waals surface area (Å²) in [6.07, 6.45) is 9.92. The number of ether oxygens (including phenoxy) is 1. The molecule has 1 heterocycles. The monoisotopic (exact) mass is 230 g/mol. The number of carboxylic acid groups (broad SMARTS) is 1. The highest BCUT2D eigenvalue weighted by atomic mass is 16.5. The summed E-state index contributed by atoms with van der Waals surface area (Å²) < 4.78 is 4.72. The average molecular weight is 230 g/mol. The van der Waals surface area contributed by atoms with E-state index >= 15 is 0 Å². The summed E-state index contributed by atoms with van der Waals surface area (Å²) in [7, 11) is 0. The Morgan fingerprint density at radius 3 is 1.88 bits per heavy atom. The van der Waals surface area contributed by atoms with E-state index in [-0.39, 0.29) is 0 Å². The normalized spacial score (nSPS) is 13.6. The zero-order valence-electron chi connectivity index (χ0n) is 10.5. The Hall–Kier alpha value is -0.570. The lowest BCUT2D eigenvalue weighted by Gasteiger charge is -2.09. The predicted octanol–water partition coefficient (Wildman–Crippen LogP) is 3.62. The summed E-state index contributed by atoms with van der Waals surface area (Å²) in [6, 6.07) is 0. The second-order valence-corrected chi connectivity index (χ2v) is 4.23. The van der Waals surface area contributed by atoms with Gasteiger partial charge >= 0.3 is 5.97 Å². The van der Waals surface area contributed by atoms with Crippen LogP contribution in [0.25, 0.3) is 0 Å². The smallest absolute Gasteiger partial charge is 0.303 e. The van der Waals surface area contributed by atoms with Crippen LogP contribution >= 0.6 is 0 Å². The lowest BCUT2D eigenvalue weighted by molar-refractivity contribution is -0.137. The summed E-state index contributed by atoms with van der Waals surface area (Å²) in [5.41, 5.74) is 0. The second-order valence-electron chi connectivity index (χ2n) is 4.23. The van der Waals surface area contributed by atoms with Gasteiger partial charge in [0.1, 0.15) is 0 Å². The summed E-state index contributed by atoms with van der Waals surface area (Å²) in [5, 5.41) is 8.35. The third-order valence-electron chi connectivity index (χ3n) is 2.57. The zero-order valence-corrected chi connectivity index (χ0v) is 10.5. The number of carbonyl (C=O) groups is 1. The van der Waals surface area contributed by atoms with Crippen LogP contribution in [0.1, 0.15) is 64.7 Å². The quantitative estimate of drug-likeness (QED) is 0.648. The van der Waals surface area contributed by atoms with Crippen molar-refractivity contribution < 1.29 is 14.6 Å². The van der Waals surface area contributed by atoms with Gasteiger partial charge in [-0.2, -0.15) is 0 Å². The lowest BCUT2D eigenvalue weighted by Crippen LogP contribution is -2.09. The third-order valence-corrected chi connectivity index (χ3v) is 2.57. The van der Waals surface area contributed by atoms with Gasteiger partial charge in [-0.3, -0.25) is 4.79 Å². The first-order valence-electron chi connectivity index (χ1n) is 6.57. The van der Waals surface area contributed by atoms with Crippen molar-refractivity contribution in [2.24, 2.45) is 0 Å². The molecular weight excluding hydrogens is 204 g/mol. The van der Waals surface area contributed by atoms with E-state index < -0.39 is 5.97 Å². The van der Waals surface area contributed by atoms with Gasteiger partial charge in [0, 0.05) is 19.6 Å². The van der Waals surface area contributed by atoms with Gasteiger partial charge in [-0.1, -0.05) is 45.4 Å². The van der Waals surface area contributed by atoms with Crippen molar-refractivity contribution in [3.63, 3.8) is 0 Å². The zero-order chi connectivity index (χ0) is 12.1. The largest absolute Gasteiger partial charge is 0.481 e. The Morgan fingerprint density at radius 1 is 1.06 bits per heavy atom. The number of rotatable bonds is 8. The van der Waals surface area contributed by atoms with E-state index in [0.717, 1.165) is 26.1 Å². The molecular formula is C13H26O3. The number of aliphatic carboxylic acids is 1. The molecule has 16 heavy (non-hydrogen) atoms. The first kappa shape index (κ1) is 15.4. The highest BCUT2D eigenvalue weighted by molar-refractivity contribution is 5.66. The number of hydrogen-bond donors (Lipinski definition) is 1. The molecule has 0 amide bonds. The van der Waals surface area contributed by atoms with Crippen molar-refractivity contribution in [2.45, 2.75) is 64.7 Å². The molecule has 3 heteroatoms. The molecule has 0 aromatic carbocycles. The van der Waals surface area contributed by atoms with Gasteiger partial charge in [-0.05, 0) is 12.8 Å². The second kappa shape index (κ2) is 12.5. The minimum atomic E-state index is -0.663. The molecule has 0 saturated carbocycles. The molecule has 1 saturated heterocycles. The third kappa shape index (κ3) is 13.4. The maximum atomic E-state index is 10.1. The van der Waals surface area contributed by atoms with Gasteiger partial charge in [-0.15, -0.1) is 0 Å². The van der Waals surface area contributed by atoms with Crippen LogP contribution in [-0.4, -0.2) is 24.3 Å². The van der Waals surface area contributed by atoms with Crippen LogP contribution in [-0.2, 0) is 9.53 Å². The molecule has 0 bridgehead atoms. The van der Waals surface area contributed by atoms with E-state index in [2.05, 4.69) is 6.92 Å². The van der Waals surface area contributed by atoms with Crippen molar-refractivity contribution in [3.8, 4) is 0 Å². The molecule has 0 unspecified atom stereocenters. The standard InChI is InChI=1S/C10H20O2.C3H6O/c1-2-3-4-5-6-7-8-9-10(11)12;1-2-4-3-1/h2-9H2,1H3,(H,11,12);1-3H2. The first-order chi connectivity index (χ1) is 7.77. The Labute approximate surface area is 99.2 Å². The van der Waals surface area contributed by atoms with E-state index in [1.54, 1.807) is 0 Å². The van der Waals surface area contributed by atoms with E-state index in [1.165, 1.54) is 38.5 Å². The van der Waals surface area contributed by atoms with Gasteiger partial charge in [-0.25, -0.2) is 0 Å². The SMILES string of the molecule is C1COC1.CCCCCCCCCC(=O)O. The summed E-state index contributed by atoms with van der Waals surface area (Å²) >= 11 is 0. The Morgan fingerprint density at radius 2 is 1.50 bits per heavy atom. The molecule has 1 rings (SSSR count). The fourth-order valence-electron chi connectivity index (χ4n) is 1.38. The van der Waals surface area contributed by atoms with E-state index in [1.807, 2.05) is 0 Å². The minimum Gasteiger partial charge on any atom is -0.481 e. The van der Waals surface area contributed by atoms with Crippen molar-refractivity contribution in [1.82, 2.24) is 0 Å². The lowest BCUT2D eigenvalue weighted by atomic mass is 10.1. The van der Waals surface area contributed by atoms with Crippen molar-refractivity contribution >= 4 is 5.97 Å². The number of carboxylic acids is 1. The van der Waals surface area contributed by atoms with Crippen LogP contribution in [0.4, 0.5) is 0 Å². The van der Waals surface area contributed by atoms with Gasteiger partial charge in [0.05, 0.1) is 0 Å². The molecule has 1 fully saturated rings. The minimum absolute atomic E-state index is 0.341. The van der Waals surface area contributed by atoms with Gasteiger partial charge in [0.25, 0.3) is 0 Å². The van der Waals surface area contributed by atoms with E-state index in [9.17, 15) is 4.79 Å². The molecule has 0 aliphatic carbocycles. The van der Waals surface area contributed by atoms with Crippen LogP contribution in [0.3, 0.4) is 0 Å².